The number of hydrogen-bond acceptors (Lipinski definition) is 5. The Morgan fingerprint density at radius 3 is 2.21 bits per heavy atom. The SMILES string of the molecule is O=C(CN(CC1CC1)C1CCN(Cc2ccccc2C(=O)O)CC1)Nc1ccc(Oc2ccccc2)cc1. The third kappa shape index (κ3) is 7.21. The van der Waals surface area contributed by atoms with Crippen molar-refractivity contribution in [1.82, 2.24) is 9.80 Å². The molecular weight excluding hydrogens is 478 g/mol. The zero-order valence-corrected chi connectivity index (χ0v) is 21.6. The van der Waals surface area contributed by atoms with E-state index in [1.165, 1.54) is 12.8 Å². The molecule has 7 nitrogen and oxygen atoms in total. The summed E-state index contributed by atoms with van der Waals surface area (Å²) in [4.78, 5) is 29.3. The molecule has 1 aliphatic heterocycles. The van der Waals surface area contributed by atoms with Crippen LogP contribution >= 0.6 is 0 Å². The predicted molar refractivity (Wildman–Crippen MR) is 148 cm³/mol. The van der Waals surface area contributed by atoms with Gasteiger partial charge in [-0.3, -0.25) is 14.6 Å². The third-order valence-electron chi connectivity index (χ3n) is 7.37. The number of carbonyl (C=O) groups excluding carboxylic acids is 1. The largest absolute Gasteiger partial charge is 0.478 e. The molecule has 2 fully saturated rings. The molecule has 1 amide bonds. The first-order valence-electron chi connectivity index (χ1n) is 13.4. The van der Waals surface area contributed by atoms with E-state index < -0.39 is 5.97 Å². The highest BCUT2D eigenvalue weighted by Gasteiger charge is 2.31. The molecule has 1 aliphatic carbocycles. The molecule has 3 aromatic carbocycles. The van der Waals surface area contributed by atoms with Crippen molar-refractivity contribution in [2.75, 3.05) is 31.5 Å². The zero-order valence-electron chi connectivity index (χ0n) is 21.6. The second-order valence-corrected chi connectivity index (χ2v) is 10.3. The summed E-state index contributed by atoms with van der Waals surface area (Å²) >= 11 is 0. The molecular formula is C31H35N3O4. The molecule has 5 rings (SSSR count). The quantitative estimate of drug-likeness (QED) is 0.353. The fourth-order valence-corrected chi connectivity index (χ4v) is 5.14. The van der Waals surface area contributed by atoms with Crippen LogP contribution in [0.15, 0.2) is 78.9 Å². The molecule has 198 valence electrons. The highest BCUT2D eigenvalue weighted by molar-refractivity contribution is 5.92. The van der Waals surface area contributed by atoms with Crippen LogP contribution < -0.4 is 10.1 Å². The number of aromatic carboxylic acids is 1. The molecule has 0 unspecified atom stereocenters. The molecule has 0 radical (unpaired) electrons. The van der Waals surface area contributed by atoms with Gasteiger partial charge in [0.1, 0.15) is 11.5 Å². The van der Waals surface area contributed by atoms with Gasteiger partial charge in [-0.2, -0.15) is 0 Å². The average molecular weight is 514 g/mol. The number of nitrogens with zero attached hydrogens (tertiary/aromatic N) is 2. The molecule has 0 spiro atoms. The van der Waals surface area contributed by atoms with E-state index in [9.17, 15) is 14.7 Å². The Balaban J connectivity index is 1.13. The molecule has 38 heavy (non-hydrogen) atoms. The van der Waals surface area contributed by atoms with Gasteiger partial charge in [0.15, 0.2) is 0 Å². The first-order valence-corrected chi connectivity index (χ1v) is 13.4. The van der Waals surface area contributed by atoms with E-state index in [0.29, 0.717) is 30.6 Å². The summed E-state index contributed by atoms with van der Waals surface area (Å²) in [5, 5.41) is 12.5. The first kappa shape index (κ1) is 25.9. The van der Waals surface area contributed by atoms with Crippen molar-refractivity contribution in [2.24, 2.45) is 5.92 Å². The summed E-state index contributed by atoms with van der Waals surface area (Å²) in [6, 6.07) is 24.7. The normalized spacial score (nSPS) is 16.3. The molecule has 1 saturated heterocycles. The number of likely N-dealkylation sites (tertiary alicyclic amines) is 1. The Morgan fingerprint density at radius 2 is 1.53 bits per heavy atom. The van der Waals surface area contributed by atoms with Crippen molar-refractivity contribution in [3.05, 3.63) is 90.0 Å². The minimum absolute atomic E-state index is 0.000179. The number of anilines is 1. The maximum Gasteiger partial charge on any atom is 0.336 e. The van der Waals surface area contributed by atoms with Crippen LogP contribution in [0.3, 0.4) is 0 Å². The van der Waals surface area contributed by atoms with Gasteiger partial charge >= 0.3 is 5.97 Å². The molecule has 2 N–H and O–H groups in total. The molecule has 7 heteroatoms. The summed E-state index contributed by atoms with van der Waals surface area (Å²) in [5.41, 5.74) is 1.99. The number of hydrogen-bond donors (Lipinski definition) is 2. The summed E-state index contributed by atoms with van der Waals surface area (Å²) in [5.74, 6) is 1.31. The van der Waals surface area contributed by atoms with E-state index in [-0.39, 0.29) is 5.91 Å². The average Bonchev–Trinajstić information content (AvgIpc) is 3.75. The van der Waals surface area contributed by atoms with E-state index in [1.54, 1.807) is 12.1 Å². The minimum atomic E-state index is -0.879. The number of ether oxygens (including phenoxy) is 1. The summed E-state index contributed by atoms with van der Waals surface area (Å²) in [6.07, 6.45) is 4.43. The van der Waals surface area contributed by atoms with E-state index in [4.69, 9.17) is 4.74 Å². The fourth-order valence-electron chi connectivity index (χ4n) is 5.14. The molecule has 1 saturated carbocycles. The van der Waals surface area contributed by atoms with Crippen LogP contribution in [0.4, 0.5) is 5.69 Å². The Morgan fingerprint density at radius 1 is 0.868 bits per heavy atom. The van der Waals surface area contributed by atoms with Gasteiger partial charge in [0, 0.05) is 24.8 Å². The van der Waals surface area contributed by atoms with E-state index in [2.05, 4.69) is 15.1 Å². The van der Waals surface area contributed by atoms with Gasteiger partial charge in [0.2, 0.25) is 5.91 Å². The molecule has 3 aromatic rings. The number of benzene rings is 3. The standard InChI is InChI=1S/C31H35N3O4/c35-30(32-25-12-14-28(15-13-25)38-27-7-2-1-3-8-27)22-34(20-23-10-11-23)26-16-18-33(19-17-26)21-24-6-4-5-9-29(24)31(36)37/h1-9,12-15,23,26H,10-11,16-22H2,(H,32,35)(H,36,37). The summed E-state index contributed by atoms with van der Waals surface area (Å²) < 4.78 is 5.84. The van der Waals surface area contributed by atoms with E-state index in [0.717, 1.165) is 55.2 Å². The minimum Gasteiger partial charge on any atom is -0.478 e. The number of para-hydroxylation sites is 1. The smallest absolute Gasteiger partial charge is 0.336 e. The lowest BCUT2D eigenvalue weighted by molar-refractivity contribution is -0.118. The van der Waals surface area contributed by atoms with Gasteiger partial charge in [-0.25, -0.2) is 4.79 Å². The van der Waals surface area contributed by atoms with E-state index in [1.807, 2.05) is 66.7 Å². The Bertz CT molecular complexity index is 1220. The van der Waals surface area contributed by atoms with Gasteiger partial charge in [-0.05, 0) is 92.7 Å². The van der Waals surface area contributed by atoms with Gasteiger partial charge in [0.25, 0.3) is 0 Å². The van der Waals surface area contributed by atoms with Crippen LogP contribution in [0.1, 0.15) is 41.6 Å². The topological polar surface area (TPSA) is 82.1 Å². The van der Waals surface area contributed by atoms with Crippen molar-refractivity contribution in [3.63, 3.8) is 0 Å². The van der Waals surface area contributed by atoms with Crippen LogP contribution in [0.25, 0.3) is 0 Å². The van der Waals surface area contributed by atoms with Gasteiger partial charge < -0.3 is 15.2 Å². The van der Waals surface area contributed by atoms with Crippen LogP contribution in [0, 0.1) is 5.92 Å². The number of carboxylic acid groups (broad SMARTS) is 1. The van der Waals surface area contributed by atoms with Crippen molar-refractivity contribution >= 4 is 17.6 Å². The van der Waals surface area contributed by atoms with Crippen LogP contribution in [0.2, 0.25) is 0 Å². The molecule has 0 bridgehead atoms. The van der Waals surface area contributed by atoms with Gasteiger partial charge in [0.05, 0.1) is 12.1 Å². The van der Waals surface area contributed by atoms with E-state index >= 15 is 0 Å². The lowest BCUT2D eigenvalue weighted by Crippen LogP contribution is -2.48. The monoisotopic (exact) mass is 513 g/mol. The number of carboxylic acids is 1. The Hall–Kier alpha value is -3.68. The highest BCUT2D eigenvalue weighted by Crippen LogP contribution is 2.32. The van der Waals surface area contributed by atoms with Crippen LogP contribution in [0.5, 0.6) is 11.5 Å². The zero-order chi connectivity index (χ0) is 26.3. The van der Waals surface area contributed by atoms with Gasteiger partial charge in [-0.15, -0.1) is 0 Å². The molecule has 0 aromatic heterocycles. The Kier molecular flexibility index (Phi) is 8.36. The Labute approximate surface area is 224 Å². The number of nitrogens with one attached hydrogen (secondary N) is 1. The van der Waals surface area contributed by atoms with Crippen LogP contribution in [-0.2, 0) is 11.3 Å². The highest BCUT2D eigenvalue weighted by atomic mass is 16.5. The predicted octanol–water partition coefficient (Wildman–Crippen LogP) is 5.49. The lowest BCUT2D eigenvalue weighted by atomic mass is 10.0. The fraction of sp³-hybridized carbons (Fsp3) is 0.355. The van der Waals surface area contributed by atoms with Crippen molar-refractivity contribution < 1.29 is 19.4 Å². The molecule has 2 aliphatic rings. The van der Waals surface area contributed by atoms with Crippen LogP contribution in [-0.4, -0.2) is 59.0 Å². The maximum atomic E-state index is 13.0. The van der Waals surface area contributed by atoms with Crippen molar-refractivity contribution in [3.8, 4) is 11.5 Å². The first-order chi connectivity index (χ1) is 18.5. The number of rotatable bonds is 11. The summed E-state index contributed by atoms with van der Waals surface area (Å²) in [6.45, 7) is 3.77. The summed E-state index contributed by atoms with van der Waals surface area (Å²) in [7, 11) is 0. The molecule has 0 atom stereocenters. The second-order valence-electron chi connectivity index (χ2n) is 10.3. The number of amides is 1. The van der Waals surface area contributed by atoms with Gasteiger partial charge in [-0.1, -0.05) is 36.4 Å². The molecule has 1 heterocycles. The third-order valence-corrected chi connectivity index (χ3v) is 7.37. The number of carbonyl (C=O) groups is 2. The van der Waals surface area contributed by atoms with Crippen molar-refractivity contribution in [2.45, 2.75) is 38.3 Å². The second kappa shape index (κ2) is 12.2. The maximum absolute atomic E-state index is 13.0. The lowest BCUT2D eigenvalue weighted by Gasteiger charge is -2.38. The number of piperidine rings is 1. The van der Waals surface area contributed by atoms with Crippen molar-refractivity contribution in [1.29, 1.82) is 0 Å².